The van der Waals surface area contributed by atoms with Crippen LogP contribution in [-0.4, -0.2) is 19.1 Å². The van der Waals surface area contributed by atoms with Gasteiger partial charge in [0.15, 0.2) is 5.82 Å². The number of rotatable bonds is 3. The third-order valence-corrected chi connectivity index (χ3v) is 12.8. The van der Waals surface area contributed by atoms with E-state index in [0.29, 0.717) is 5.82 Å². The average Bonchev–Trinajstić information content (AvgIpc) is 3.87. The van der Waals surface area contributed by atoms with Crippen LogP contribution in [0.15, 0.2) is 158 Å². The van der Waals surface area contributed by atoms with Crippen LogP contribution in [0.2, 0.25) is 0 Å². The molecule has 7 aromatic carbocycles. The molecule has 54 heavy (non-hydrogen) atoms. The molecule has 0 amide bonds. The van der Waals surface area contributed by atoms with Gasteiger partial charge in [0.05, 0.1) is 33.4 Å². The van der Waals surface area contributed by atoms with Gasteiger partial charge in [-0.15, -0.1) is 11.3 Å². The molecule has 0 spiro atoms. The molecule has 1 aliphatic heterocycles. The van der Waals surface area contributed by atoms with Crippen molar-refractivity contribution < 1.29 is 0 Å². The van der Waals surface area contributed by atoms with E-state index in [-0.39, 0.29) is 5.41 Å². The Morgan fingerprint density at radius 1 is 0.556 bits per heavy atom. The second-order valence-corrected chi connectivity index (χ2v) is 16.0. The number of hydrogen-bond donors (Lipinski definition) is 0. The summed E-state index contributed by atoms with van der Waals surface area (Å²) in [5, 5.41) is 7.53. The molecule has 1 aliphatic rings. The first-order valence-electron chi connectivity index (χ1n) is 18.5. The standard InChI is InChI=1S/C49H32N4S/c1-49(2)37-22-12-20-35-43-34-19-6-10-27-42(34)54-48(43)53(46(35)37)41-26-13-21-36(44(41)49)45-33-18-3-7-23-38(33)50-47(51-45)29-14-11-15-30(28-29)52-39-24-8-4-16-31(39)32-17-5-9-25-40(32)52/h3-28H,1-2H3. The molecule has 0 radical (unpaired) electrons. The normalized spacial score (nSPS) is 13.5. The van der Waals surface area contributed by atoms with Crippen LogP contribution >= 0.6 is 11.3 Å². The zero-order valence-corrected chi connectivity index (χ0v) is 30.5. The minimum Gasteiger partial charge on any atom is -0.309 e. The molecule has 0 unspecified atom stereocenters. The lowest BCUT2D eigenvalue weighted by atomic mass is 9.72. The molecule has 4 aromatic heterocycles. The molecule has 0 saturated heterocycles. The Morgan fingerprint density at radius 2 is 1.22 bits per heavy atom. The molecule has 0 N–H and O–H groups in total. The van der Waals surface area contributed by atoms with Crippen LogP contribution in [0.4, 0.5) is 0 Å². The lowest BCUT2D eigenvalue weighted by molar-refractivity contribution is 0.632. The largest absolute Gasteiger partial charge is 0.309 e. The zero-order chi connectivity index (χ0) is 35.7. The van der Waals surface area contributed by atoms with Crippen molar-refractivity contribution in [3.8, 4) is 34.0 Å². The van der Waals surface area contributed by atoms with Gasteiger partial charge in [-0.2, -0.15) is 0 Å². The molecule has 5 heterocycles. The second kappa shape index (κ2) is 10.8. The van der Waals surface area contributed by atoms with E-state index in [9.17, 15) is 0 Å². The van der Waals surface area contributed by atoms with Crippen LogP contribution in [0.3, 0.4) is 0 Å². The van der Waals surface area contributed by atoms with Crippen molar-refractivity contribution in [3.05, 3.63) is 169 Å². The van der Waals surface area contributed by atoms with Gasteiger partial charge in [-0.05, 0) is 53.6 Å². The molecular formula is C49H32N4S. The highest BCUT2D eigenvalue weighted by Gasteiger charge is 2.38. The SMILES string of the molecule is CC1(C)c2c(-c3nc(-c4cccc(-n5c6ccccc6c6ccccc65)c4)nc4ccccc34)cccc2-n2c3sc4ccccc4c3c3cccc1c32. The van der Waals surface area contributed by atoms with Gasteiger partial charge in [0.1, 0.15) is 4.83 Å². The van der Waals surface area contributed by atoms with E-state index >= 15 is 0 Å². The molecule has 4 nitrogen and oxygen atoms in total. The van der Waals surface area contributed by atoms with E-state index in [1.165, 1.54) is 69.8 Å². The predicted octanol–water partition coefficient (Wildman–Crippen LogP) is 13.0. The fourth-order valence-electron chi connectivity index (χ4n) is 9.38. The molecule has 12 rings (SSSR count). The summed E-state index contributed by atoms with van der Waals surface area (Å²) in [6, 6.07) is 56.9. The number of para-hydroxylation sites is 4. The summed E-state index contributed by atoms with van der Waals surface area (Å²) in [6.07, 6.45) is 0. The van der Waals surface area contributed by atoms with Gasteiger partial charge in [-0.1, -0.05) is 129 Å². The molecule has 0 aliphatic carbocycles. The third-order valence-electron chi connectivity index (χ3n) is 11.7. The van der Waals surface area contributed by atoms with Crippen molar-refractivity contribution in [1.82, 2.24) is 19.1 Å². The van der Waals surface area contributed by atoms with Gasteiger partial charge in [-0.25, -0.2) is 9.97 Å². The summed E-state index contributed by atoms with van der Waals surface area (Å²) in [7, 11) is 0. The third kappa shape index (κ3) is 3.91. The van der Waals surface area contributed by atoms with Crippen molar-refractivity contribution in [3.63, 3.8) is 0 Å². The van der Waals surface area contributed by atoms with E-state index < -0.39 is 0 Å². The Hall–Kier alpha value is -6.56. The fraction of sp³-hybridized carbons (Fsp3) is 0.0612. The van der Waals surface area contributed by atoms with Gasteiger partial charge in [-0.3, -0.25) is 0 Å². The van der Waals surface area contributed by atoms with Gasteiger partial charge in [0, 0.05) is 59.2 Å². The Balaban J connectivity index is 1.11. The lowest BCUT2D eigenvalue weighted by Crippen LogP contribution is -2.27. The Morgan fingerprint density at radius 3 is 2.04 bits per heavy atom. The average molecular weight is 709 g/mol. The smallest absolute Gasteiger partial charge is 0.160 e. The van der Waals surface area contributed by atoms with E-state index in [4.69, 9.17) is 9.97 Å². The number of thiophene rings is 1. The number of aromatic nitrogens is 4. The maximum absolute atomic E-state index is 5.52. The maximum atomic E-state index is 5.52. The maximum Gasteiger partial charge on any atom is 0.160 e. The van der Waals surface area contributed by atoms with Crippen LogP contribution < -0.4 is 0 Å². The van der Waals surface area contributed by atoms with E-state index in [1.54, 1.807) is 0 Å². The highest BCUT2D eigenvalue weighted by atomic mass is 32.1. The van der Waals surface area contributed by atoms with Crippen molar-refractivity contribution in [2.45, 2.75) is 19.3 Å². The van der Waals surface area contributed by atoms with Gasteiger partial charge < -0.3 is 9.13 Å². The lowest BCUT2D eigenvalue weighted by Gasteiger charge is -2.36. The number of fused-ring (bicyclic) bond motifs is 11. The monoisotopic (exact) mass is 708 g/mol. The van der Waals surface area contributed by atoms with Gasteiger partial charge in [0.25, 0.3) is 0 Å². The van der Waals surface area contributed by atoms with Crippen molar-refractivity contribution in [1.29, 1.82) is 0 Å². The minimum atomic E-state index is -0.291. The van der Waals surface area contributed by atoms with Crippen molar-refractivity contribution in [2.24, 2.45) is 0 Å². The second-order valence-electron chi connectivity index (χ2n) is 15.0. The summed E-state index contributed by atoms with van der Waals surface area (Å²) in [6.45, 7) is 4.76. The minimum absolute atomic E-state index is 0.291. The molecule has 5 heteroatoms. The highest BCUT2D eigenvalue weighted by molar-refractivity contribution is 7.25. The van der Waals surface area contributed by atoms with E-state index in [0.717, 1.165) is 33.4 Å². The van der Waals surface area contributed by atoms with Crippen molar-refractivity contribution in [2.75, 3.05) is 0 Å². The first-order chi connectivity index (χ1) is 26.6. The summed E-state index contributed by atoms with van der Waals surface area (Å²) in [5.74, 6) is 0.716. The number of nitrogens with zero attached hydrogens (tertiary/aromatic N) is 4. The molecule has 0 fully saturated rings. The summed E-state index contributed by atoms with van der Waals surface area (Å²) in [4.78, 5) is 12.0. The fourth-order valence-corrected chi connectivity index (χ4v) is 10.6. The Bertz CT molecular complexity index is 3320. The summed E-state index contributed by atoms with van der Waals surface area (Å²) < 4.78 is 6.21. The number of hydrogen-bond acceptors (Lipinski definition) is 3. The molecule has 254 valence electrons. The summed E-state index contributed by atoms with van der Waals surface area (Å²) >= 11 is 1.89. The van der Waals surface area contributed by atoms with Crippen LogP contribution in [0.1, 0.15) is 25.0 Å². The van der Waals surface area contributed by atoms with Crippen molar-refractivity contribution >= 4 is 75.3 Å². The molecular weight excluding hydrogens is 677 g/mol. The quantitative estimate of drug-likeness (QED) is 0.183. The molecule has 0 atom stereocenters. The number of benzene rings is 7. The molecule has 0 bridgehead atoms. The first-order valence-corrected chi connectivity index (χ1v) is 19.3. The Labute approximate surface area is 315 Å². The topological polar surface area (TPSA) is 35.6 Å². The molecule has 0 saturated carbocycles. The predicted molar refractivity (Wildman–Crippen MR) is 227 cm³/mol. The summed E-state index contributed by atoms with van der Waals surface area (Å²) in [5.41, 5.74) is 12.3. The zero-order valence-electron chi connectivity index (χ0n) is 29.7. The van der Waals surface area contributed by atoms with E-state index in [1.807, 2.05) is 11.3 Å². The van der Waals surface area contributed by atoms with Gasteiger partial charge >= 0.3 is 0 Å². The van der Waals surface area contributed by atoms with E-state index in [2.05, 4.69) is 181 Å². The van der Waals surface area contributed by atoms with Gasteiger partial charge in [0.2, 0.25) is 0 Å². The van der Waals surface area contributed by atoms with Crippen LogP contribution in [0.5, 0.6) is 0 Å². The Kier molecular flexibility index (Phi) is 5.96. The first kappa shape index (κ1) is 30.0. The van der Waals surface area contributed by atoms with Crippen LogP contribution in [0.25, 0.3) is 97.9 Å². The van der Waals surface area contributed by atoms with Crippen LogP contribution in [-0.2, 0) is 5.41 Å². The van der Waals surface area contributed by atoms with Crippen LogP contribution in [0, 0.1) is 0 Å². The molecule has 11 aromatic rings. The highest BCUT2D eigenvalue weighted by Crippen LogP contribution is 2.53.